The van der Waals surface area contributed by atoms with Gasteiger partial charge in [-0.15, -0.1) is 5.10 Å². The summed E-state index contributed by atoms with van der Waals surface area (Å²) in [5.41, 5.74) is 0.637. The lowest BCUT2D eigenvalue weighted by atomic mass is 10.1. The van der Waals surface area contributed by atoms with Crippen LogP contribution in [0.1, 0.15) is 26.0 Å². The first-order valence-electron chi connectivity index (χ1n) is 4.26. The van der Waals surface area contributed by atoms with Gasteiger partial charge in [-0.25, -0.2) is 0 Å². The maximum absolute atomic E-state index is 8.73. The Balaban J connectivity index is 2.52. The van der Waals surface area contributed by atoms with E-state index in [0.29, 0.717) is 11.6 Å². The molecule has 0 radical (unpaired) electrons. The number of hydrogen-bond donors (Lipinski definition) is 1. The molecule has 12 heavy (non-hydrogen) atoms. The van der Waals surface area contributed by atoms with Crippen molar-refractivity contribution in [2.45, 2.75) is 33.4 Å². The zero-order chi connectivity index (χ0) is 8.97. The monoisotopic (exact) mass is 169 g/mol. The van der Waals surface area contributed by atoms with Gasteiger partial charge >= 0.3 is 0 Å². The van der Waals surface area contributed by atoms with Gasteiger partial charge in [-0.2, -0.15) is 0 Å². The van der Waals surface area contributed by atoms with E-state index in [9.17, 15) is 0 Å². The van der Waals surface area contributed by atoms with Crippen LogP contribution < -0.4 is 0 Å². The van der Waals surface area contributed by atoms with Gasteiger partial charge in [-0.3, -0.25) is 4.68 Å². The molecule has 0 aliphatic heterocycles. The molecule has 4 nitrogen and oxygen atoms in total. The molecule has 4 heteroatoms. The van der Waals surface area contributed by atoms with Crippen LogP contribution in [-0.4, -0.2) is 20.1 Å². The molecular formula is C8H15N3O. The standard InChI is InChI=1S/C8H15N3O/c1-3-7(2)4-11-5-8(6-12)9-10-11/h5,7,12H,3-4,6H2,1-2H3/t7-/m0/s1. The number of aliphatic hydroxyl groups excluding tert-OH is 1. The van der Waals surface area contributed by atoms with Crippen LogP contribution >= 0.6 is 0 Å². The Morgan fingerprint density at radius 1 is 1.67 bits per heavy atom. The smallest absolute Gasteiger partial charge is 0.108 e. The van der Waals surface area contributed by atoms with Gasteiger partial charge in [0.2, 0.25) is 0 Å². The topological polar surface area (TPSA) is 50.9 Å². The van der Waals surface area contributed by atoms with Crippen LogP contribution in [0.4, 0.5) is 0 Å². The van der Waals surface area contributed by atoms with Crippen molar-refractivity contribution in [1.82, 2.24) is 15.0 Å². The van der Waals surface area contributed by atoms with E-state index < -0.39 is 0 Å². The molecule has 0 fully saturated rings. The molecule has 1 atom stereocenters. The largest absolute Gasteiger partial charge is 0.390 e. The molecule has 0 saturated carbocycles. The van der Waals surface area contributed by atoms with Gasteiger partial charge in [0.15, 0.2) is 0 Å². The molecule has 0 aromatic carbocycles. The van der Waals surface area contributed by atoms with Crippen LogP contribution in [-0.2, 0) is 13.2 Å². The Kier molecular flexibility index (Phi) is 3.22. The minimum atomic E-state index is -0.0273. The molecule has 68 valence electrons. The first-order valence-corrected chi connectivity index (χ1v) is 4.26. The highest BCUT2D eigenvalue weighted by Gasteiger charge is 2.02. The van der Waals surface area contributed by atoms with E-state index in [4.69, 9.17) is 5.11 Å². The SMILES string of the molecule is CC[C@H](C)Cn1cc(CO)nn1. The molecule has 1 rings (SSSR count). The van der Waals surface area contributed by atoms with Crippen LogP contribution in [0, 0.1) is 5.92 Å². The first-order chi connectivity index (χ1) is 5.76. The van der Waals surface area contributed by atoms with Gasteiger partial charge in [0.1, 0.15) is 5.69 Å². The average molecular weight is 169 g/mol. The zero-order valence-electron chi connectivity index (χ0n) is 7.56. The van der Waals surface area contributed by atoms with Crippen molar-refractivity contribution >= 4 is 0 Å². The first kappa shape index (κ1) is 9.19. The lowest BCUT2D eigenvalue weighted by Crippen LogP contribution is -2.07. The Morgan fingerprint density at radius 2 is 2.42 bits per heavy atom. The third-order valence-electron chi connectivity index (χ3n) is 1.94. The fourth-order valence-electron chi connectivity index (χ4n) is 0.949. The van der Waals surface area contributed by atoms with E-state index in [-0.39, 0.29) is 6.61 Å². The van der Waals surface area contributed by atoms with E-state index >= 15 is 0 Å². The normalized spacial score (nSPS) is 13.2. The second-order valence-electron chi connectivity index (χ2n) is 3.10. The summed E-state index contributed by atoms with van der Waals surface area (Å²) in [6.07, 6.45) is 2.92. The Morgan fingerprint density at radius 3 is 2.92 bits per heavy atom. The summed E-state index contributed by atoms with van der Waals surface area (Å²) < 4.78 is 1.78. The summed E-state index contributed by atoms with van der Waals surface area (Å²) in [6, 6.07) is 0. The van der Waals surface area contributed by atoms with Crippen LogP contribution in [0.25, 0.3) is 0 Å². The summed E-state index contributed by atoms with van der Waals surface area (Å²) >= 11 is 0. The highest BCUT2D eigenvalue weighted by Crippen LogP contribution is 2.03. The lowest BCUT2D eigenvalue weighted by Gasteiger charge is -2.06. The summed E-state index contributed by atoms with van der Waals surface area (Å²) in [5.74, 6) is 0.609. The fraction of sp³-hybridized carbons (Fsp3) is 0.750. The number of aromatic nitrogens is 3. The summed E-state index contributed by atoms with van der Waals surface area (Å²) in [7, 11) is 0. The summed E-state index contributed by atoms with van der Waals surface area (Å²) in [5, 5.41) is 16.4. The predicted octanol–water partition coefficient (Wildman–Crippen LogP) is 0.817. The Hall–Kier alpha value is -0.900. The molecule has 1 N–H and O–H groups in total. The summed E-state index contributed by atoms with van der Waals surface area (Å²) in [4.78, 5) is 0. The third kappa shape index (κ3) is 2.30. The number of hydrogen-bond acceptors (Lipinski definition) is 3. The molecular weight excluding hydrogens is 154 g/mol. The van der Waals surface area contributed by atoms with Crippen molar-refractivity contribution in [1.29, 1.82) is 0 Å². The minimum Gasteiger partial charge on any atom is -0.390 e. The second kappa shape index (κ2) is 4.21. The third-order valence-corrected chi connectivity index (χ3v) is 1.94. The molecule has 0 amide bonds. The number of rotatable bonds is 4. The van der Waals surface area contributed by atoms with Gasteiger partial charge in [-0.1, -0.05) is 25.5 Å². The average Bonchev–Trinajstić information content (AvgIpc) is 2.52. The van der Waals surface area contributed by atoms with Gasteiger partial charge in [0, 0.05) is 6.54 Å². The van der Waals surface area contributed by atoms with Crippen molar-refractivity contribution in [2.24, 2.45) is 5.92 Å². The highest BCUT2D eigenvalue weighted by molar-refractivity contribution is 4.88. The number of aliphatic hydroxyl groups is 1. The quantitative estimate of drug-likeness (QED) is 0.725. The van der Waals surface area contributed by atoms with E-state index in [1.165, 1.54) is 0 Å². The van der Waals surface area contributed by atoms with Crippen molar-refractivity contribution in [3.8, 4) is 0 Å². The van der Waals surface area contributed by atoms with Crippen molar-refractivity contribution in [3.63, 3.8) is 0 Å². The van der Waals surface area contributed by atoms with Crippen LogP contribution in [0.15, 0.2) is 6.20 Å². The van der Waals surface area contributed by atoms with Crippen LogP contribution in [0.2, 0.25) is 0 Å². The maximum atomic E-state index is 8.73. The van der Waals surface area contributed by atoms with Crippen molar-refractivity contribution < 1.29 is 5.11 Å². The molecule has 1 heterocycles. The van der Waals surface area contributed by atoms with E-state index in [0.717, 1.165) is 13.0 Å². The van der Waals surface area contributed by atoms with Gasteiger partial charge in [-0.05, 0) is 5.92 Å². The molecule has 0 aliphatic carbocycles. The summed E-state index contributed by atoms with van der Waals surface area (Å²) in [6.45, 7) is 5.17. The van der Waals surface area contributed by atoms with Crippen molar-refractivity contribution in [2.75, 3.05) is 0 Å². The van der Waals surface area contributed by atoms with Gasteiger partial charge in [0.05, 0.1) is 12.8 Å². The zero-order valence-corrected chi connectivity index (χ0v) is 7.56. The molecule has 0 aliphatic rings. The maximum Gasteiger partial charge on any atom is 0.108 e. The molecule has 0 spiro atoms. The molecule has 0 saturated heterocycles. The van der Waals surface area contributed by atoms with Crippen molar-refractivity contribution in [3.05, 3.63) is 11.9 Å². The number of nitrogens with zero attached hydrogens (tertiary/aromatic N) is 3. The fourth-order valence-corrected chi connectivity index (χ4v) is 0.949. The Labute approximate surface area is 72.2 Å². The Bertz CT molecular complexity index is 234. The molecule has 0 unspecified atom stereocenters. The van der Waals surface area contributed by atoms with E-state index in [1.807, 2.05) is 0 Å². The van der Waals surface area contributed by atoms with Gasteiger partial charge in [0.25, 0.3) is 0 Å². The highest BCUT2D eigenvalue weighted by atomic mass is 16.3. The molecule has 0 bridgehead atoms. The van der Waals surface area contributed by atoms with E-state index in [1.54, 1.807) is 10.9 Å². The van der Waals surface area contributed by atoms with Crippen LogP contribution in [0.3, 0.4) is 0 Å². The molecule has 1 aromatic rings. The predicted molar refractivity (Wildman–Crippen MR) is 45.4 cm³/mol. The van der Waals surface area contributed by atoms with Gasteiger partial charge < -0.3 is 5.11 Å². The lowest BCUT2D eigenvalue weighted by molar-refractivity contribution is 0.276. The van der Waals surface area contributed by atoms with E-state index in [2.05, 4.69) is 24.2 Å². The minimum absolute atomic E-state index is 0.0273. The molecule has 1 aromatic heterocycles. The second-order valence-corrected chi connectivity index (χ2v) is 3.10. The van der Waals surface area contributed by atoms with Crippen LogP contribution in [0.5, 0.6) is 0 Å².